The van der Waals surface area contributed by atoms with E-state index >= 15 is 0 Å². The molecule has 110 valence electrons. The molecule has 1 aromatic carbocycles. The Morgan fingerprint density at radius 2 is 2.24 bits per heavy atom. The molecule has 3 nitrogen and oxygen atoms in total. The van der Waals surface area contributed by atoms with Crippen molar-refractivity contribution in [3.63, 3.8) is 0 Å². The first kappa shape index (κ1) is 14.5. The number of hydrogen-bond donors (Lipinski definition) is 0. The van der Waals surface area contributed by atoms with Gasteiger partial charge in [0.05, 0.1) is 16.6 Å². The van der Waals surface area contributed by atoms with Gasteiger partial charge in [-0.25, -0.2) is 9.37 Å². The first-order valence-corrected chi connectivity index (χ1v) is 8.17. The minimum atomic E-state index is -0.255. The summed E-state index contributed by atoms with van der Waals surface area (Å²) in [5.41, 5.74) is 2.58. The highest BCUT2D eigenvalue weighted by Crippen LogP contribution is 2.28. The SMILES string of the molecule is O=C1CCc2cc(F)ccc2N1CCc1nc(CCl)cs1. The highest BCUT2D eigenvalue weighted by Gasteiger charge is 2.24. The van der Waals surface area contributed by atoms with E-state index in [0.29, 0.717) is 31.7 Å². The van der Waals surface area contributed by atoms with Crippen LogP contribution in [0, 0.1) is 5.82 Å². The molecule has 6 heteroatoms. The second-order valence-electron chi connectivity index (χ2n) is 4.93. The van der Waals surface area contributed by atoms with Crippen LogP contribution < -0.4 is 4.90 Å². The Morgan fingerprint density at radius 1 is 1.38 bits per heavy atom. The second-order valence-corrected chi connectivity index (χ2v) is 6.14. The molecule has 1 aliphatic heterocycles. The molecule has 0 fully saturated rings. The summed E-state index contributed by atoms with van der Waals surface area (Å²) in [4.78, 5) is 18.3. The van der Waals surface area contributed by atoms with E-state index < -0.39 is 0 Å². The van der Waals surface area contributed by atoms with Crippen LogP contribution in [0.3, 0.4) is 0 Å². The van der Waals surface area contributed by atoms with Gasteiger partial charge in [-0.1, -0.05) is 0 Å². The van der Waals surface area contributed by atoms with Gasteiger partial charge in [0.15, 0.2) is 0 Å². The zero-order valence-corrected chi connectivity index (χ0v) is 12.9. The van der Waals surface area contributed by atoms with Crippen LogP contribution in [-0.4, -0.2) is 17.4 Å². The van der Waals surface area contributed by atoms with Gasteiger partial charge in [0.1, 0.15) is 5.82 Å². The third-order valence-corrected chi connectivity index (χ3v) is 4.76. The van der Waals surface area contributed by atoms with Crippen molar-refractivity contribution in [2.75, 3.05) is 11.4 Å². The van der Waals surface area contributed by atoms with Gasteiger partial charge in [0, 0.05) is 30.5 Å². The molecule has 0 unspecified atom stereocenters. The van der Waals surface area contributed by atoms with Gasteiger partial charge >= 0.3 is 0 Å². The Balaban J connectivity index is 1.77. The topological polar surface area (TPSA) is 33.2 Å². The van der Waals surface area contributed by atoms with E-state index in [4.69, 9.17) is 11.6 Å². The molecular formula is C15H14ClFN2OS. The van der Waals surface area contributed by atoms with Crippen LogP contribution in [0.5, 0.6) is 0 Å². The molecule has 0 N–H and O–H groups in total. The summed E-state index contributed by atoms with van der Waals surface area (Å²) in [6, 6.07) is 4.61. The Labute approximate surface area is 131 Å². The monoisotopic (exact) mass is 324 g/mol. The van der Waals surface area contributed by atoms with Gasteiger partial charge in [0.25, 0.3) is 0 Å². The zero-order valence-electron chi connectivity index (χ0n) is 11.3. The molecule has 1 aliphatic rings. The minimum absolute atomic E-state index is 0.0863. The summed E-state index contributed by atoms with van der Waals surface area (Å²) < 4.78 is 13.3. The predicted molar refractivity (Wildman–Crippen MR) is 82.4 cm³/mol. The maximum absolute atomic E-state index is 13.3. The van der Waals surface area contributed by atoms with Crippen LogP contribution in [-0.2, 0) is 23.5 Å². The molecule has 0 atom stereocenters. The first-order chi connectivity index (χ1) is 10.2. The van der Waals surface area contributed by atoms with Crippen LogP contribution in [0.25, 0.3) is 0 Å². The van der Waals surface area contributed by atoms with Crippen LogP contribution in [0.1, 0.15) is 22.7 Å². The molecule has 21 heavy (non-hydrogen) atoms. The Morgan fingerprint density at radius 3 is 3.00 bits per heavy atom. The molecule has 0 saturated heterocycles. The number of benzene rings is 1. The number of thiazole rings is 1. The Hall–Kier alpha value is -1.46. The fourth-order valence-electron chi connectivity index (χ4n) is 2.51. The molecule has 1 aromatic heterocycles. The lowest BCUT2D eigenvalue weighted by Crippen LogP contribution is -2.36. The van der Waals surface area contributed by atoms with Crippen LogP contribution in [0.15, 0.2) is 23.6 Å². The summed E-state index contributed by atoms with van der Waals surface area (Å²) in [6.07, 6.45) is 1.72. The number of alkyl halides is 1. The van der Waals surface area contributed by atoms with Crippen LogP contribution in [0.2, 0.25) is 0 Å². The fourth-order valence-corrected chi connectivity index (χ4v) is 3.52. The fraction of sp³-hybridized carbons (Fsp3) is 0.333. The smallest absolute Gasteiger partial charge is 0.227 e. The van der Waals surface area contributed by atoms with Crippen molar-refractivity contribution >= 4 is 34.5 Å². The largest absolute Gasteiger partial charge is 0.312 e. The van der Waals surface area contributed by atoms with E-state index in [1.807, 2.05) is 5.38 Å². The van der Waals surface area contributed by atoms with Crippen molar-refractivity contribution in [3.8, 4) is 0 Å². The summed E-state index contributed by atoms with van der Waals surface area (Å²) in [5, 5.41) is 2.90. The van der Waals surface area contributed by atoms with E-state index in [2.05, 4.69) is 4.98 Å². The summed E-state index contributed by atoms with van der Waals surface area (Å²) >= 11 is 7.29. The predicted octanol–water partition coefficient (Wildman–Crippen LogP) is 3.54. The maximum Gasteiger partial charge on any atom is 0.227 e. The average molecular weight is 325 g/mol. The first-order valence-electron chi connectivity index (χ1n) is 6.75. The quantitative estimate of drug-likeness (QED) is 0.806. The number of halogens is 2. The van der Waals surface area contributed by atoms with E-state index in [1.165, 1.54) is 12.1 Å². The minimum Gasteiger partial charge on any atom is -0.312 e. The number of hydrogen-bond acceptors (Lipinski definition) is 3. The van der Waals surface area contributed by atoms with E-state index in [-0.39, 0.29) is 11.7 Å². The molecule has 0 aliphatic carbocycles. The second kappa shape index (κ2) is 6.12. The van der Waals surface area contributed by atoms with Crippen molar-refractivity contribution in [3.05, 3.63) is 45.7 Å². The van der Waals surface area contributed by atoms with Gasteiger partial charge in [-0.05, 0) is 30.2 Å². The molecular weight excluding hydrogens is 311 g/mol. The molecule has 0 bridgehead atoms. The summed E-state index contributed by atoms with van der Waals surface area (Å²) in [5.74, 6) is 0.235. The number of nitrogens with zero attached hydrogens (tertiary/aromatic N) is 2. The highest BCUT2D eigenvalue weighted by atomic mass is 35.5. The molecule has 1 amide bonds. The summed E-state index contributed by atoms with van der Waals surface area (Å²) in [6.45, 7) is 0.562. The van der Waals surface area contributed by atoms with Crippen molar-refractivity contribution in [1.29, 1.82) is 0 Å². The number of amides is 1. The third-order valence-electron chi connectivity index (χ3n) is 3.53. The lowest BCUT2D eigenvalue weighted by Gasteiger charge is -2.29. The Kier molecular flexibility index (Phi) is 4.22. The van der Waals surface area contributed by atoms with Gasteiger partial charge in [-0.2, -0.15) is 0 Å². The van der Waals surface area contributed by atoms with Crippen molar-refractivity contribution in [2.45, 2.75) is 25.1 Å². The zero-order chi connectivity index (χ0) is 14.8. The van der Waals surface area contributed by atoms with Gasteiger partial charge in [0.2, 0.25) is 5.91 Å². The summed E-state index contributed by atoms with van der Waals surface area (Å²) in [7, 11) is 0. The lowest BCUT2D eigenvalue weighted by molar-refractivity contribution is -0.118. The van der Waals surface area contributed by atoms with Gasteiger partial charge < -0.3 is 4.90 Å². The molecule has 0 spiro atoms. The number of anilines is 1. The molecule has 3 rings (SSSR count). The molecule has 2 heterocycles. The Bertz CT molecular complexity index is 673. The van der Waals surface area contributed by atoms with Gasteiger partial charge in [-0.15, -0.1) is 22.9 Å². The average Bonchev–Trinajstić information content (AvgIpc) is 2.94. The number of aromatic nitrogens is 1. The van der Waals surface area contributed by atoms with E-state index in [9.17, 15) is 9.18 Å². The number of carbonyl (C=O) groups is 1. The number of rotatable bonds is 4. The van der Waals surface area contributed by atoms with Crippen molar-refractivity contribution < 1.29 is 9.18 Å². The van der Waals surface area contributed by atoms with Crippen LogP contribution in [0.4, 0.5) is 10.1 Å². The lowest BCUT2D eigenvalue weighted by atomic mass is 10.0. The molecule has 0 saturated carbocycles. The number of aryl methyl sites for hydroxylation is 1. The van der Waals surface area contributed by atoms with E-state index in [1.54, 1.807) is 22.3 Å². The normalized spacial score (nSPS) is 14.4. The molecule has 0 radical (unpaired) electrons. The number of fused-ring (bicyclic) bond motifs is 1. The van der Waals surface area contributed by atoms with Crippen molar-refractivity contribution in [2.24, 2.45) is 0 Å². The van der Waals surface area contributed by atoms with Crippen molar-refractivity contribution in [1.82, 2.24) is 4.98 Å². The van der Waals surface area contributed by atoms with Crippen LogP contribution >= 0.6 is 22.9 Å². The number of carbonyl (C=O) groups excluding carboxylic acids is 1. The standard InChI is InChI=1S/C15H14ClFN2OS/c16-8-12-9-21-14(18-12)5-6-19-13-3-2-11(17)7-10(13)1-4-15(19)20/h2-3,7,9H,1,4-6,8H2. The highest BCUT2D eigenvalue weighted by molar-refractivity contribution is 7.09. The maximum atomic E-state index is 13.3. The molecule has 2 aromatic rings. The van der Waals surface area contributed by atoms with E-state index in [0.717, 1.165) is 22.0 Å². The third kappa shape index (κ3) is 3.09. The van der Waals surface area contributed by atoms with Gasteiger partial charge in [-0.3, -0.25) is 4.79 Å².